The zero-order valence-electron chi connectivity index (χ0n) is 33.4. The first-order valence-electron chi connectivity index (χ1n) is 20.1. The van der Waals surface area contributed by atoms with Crippen molar-refractivity contribution in [1.82, 2.24) is 9.80 Å². The molecule has 56 heavy (non-hydrogen) atoms. The largest absolute Gasteiger partial charge is 0.455 e. The van der Waals surface area contributed by atoms with Crippen LogP contribution in [0.4, 0.5) is 11.4 Å². The second kappa shape index (κ2) is 19.4. The second-order valence-electron chi connectivity index (χ2n) is 15.1. The molecule has 1 spiro atoms. The molecule has 0 aliphatic carbocycles. The normalized spacial score (nSPS) is 24.6. The van der Waals surface area contributed by atoms with Crippen molar-refractivity contribution in [2.24, 2.45) is 11.8 Å². The summed E-state index contributed by atoms with van der Waals surface area (Å²) in [5.74, 6) is -3.24. The molecule has 3 fully saturated rings. The second-order valence-corrected chi connectivity index (χ2v) is 16.3. The average molecular weight is 836 g/mol. The number of halogens is 1. The fraction of sp³-hybridized carbons (Fsp3) is 0.545. The number of carbonyl (C=O) groups excluding carboxylic acids is 4. The molecule has 2 aromatic rings. The number of likely N-dealkylation sites (N-methyl/N-ethyl adjacent to an activating group) is 1. The van der Waals surface area contributed by atoms with Crippen LogP contribution in [0, 0.1) is 11.8 Å². The van der Waals surface area contributed by atoms with E-state index in [4.69, 9.17) is 9.47 Å². The number of anilines is 2. The van der Waals surface area contributed by atoms with Crippen molar-refractivity contribution in [1.29, 1.82) is 0 Å². The summed E-state index contributed by atoms with van der Waals surface area (Å²) in [7, 11) is 1.70. The zero-order valence-corrected chi connectivity index (χ0v) is 34.9. The van der Waals surface area contributed by atoms with Crippen molar-refractivity contribution in [3.05, 3.63) is 85.5 Å². The van der Waals surface area contributed by atoms with Crippen molar-refractivity contribution in [2.45, 2.75) is 100 Å². The summed E-state index contributed by atoms with van der Waals surface area (Å²) in [5, 5.41) is 9.36. The lowest BCUT2D eigenvalue weighted by Gasteiger charge is -2.37. The van der Waals surface area contributed by atoms with Crippen LogP contribution in [0.1, 0.15) is 77.4 Å². The van der Waals surface area contributed by atoms with Crippen LogP contribution in [0.5, 0.6) is 0 Å². The number of aliphatic hydroxyl groups is 1. The van der Waals surface area contributed by atoms with Crippen molar-refractivity contribution in [3.8, 4) is 0 Å². The number of esters is 1. The third-order valence-corrected chi connectivity index (χ3v) is 12.7. The summed E-state index contributed by atoms with van der Waals surface area (Å²) in [6.45, 7) is 16.0. The van der Waals surface area contributed by atoms with Gasteiger partial charge in [-0.15, -0.1) is 13.2 Å². The van der Waals surface area contributed by atoms with E-state index in [1.54, 1.807) is 33.9 Å². The van der Waals surface area contributed by atoms with Gasteiger partial charge in [-0.3, -0.25) is 19.2 Å². The maximum absolute atomic E-state index is 15.1. The molecule has 8 atom stereocenters. The van der Waals surface area contributed by atoms with Crippen molar-refractivity contribution in [3.63, 3.8) is 0 Å². The Labute approximate surface area is 340 Å². The Balaban J connectivity index is 1.50. The lowest BCUT2D eigenvalue weighted by atomic mass is 9.70. The van der Waals surface area contributed by atoms with E-state index in [-0.39, 0.29) is 42.1 Å². The van der Waals surface area contributed by atoms with Crippen molar-refractivity contribution >= 4 is 51.0 Å². The predicted molar refractivity (Wildman–Crippen MR) is 222 cm³/mol. The maximum atomic E-state index is 15.1. The first-order valence-corrected chi connectivity index (χ1v) is 21.0. The Hall–Kier alpha value is -4.00. The van der Waals surface area contributed by atoms with E-state index in [0.29, 0.717) is 43.5 Å². The predicted octanol–water partition coefficient (Wildman–Crippen LogP) is 6.45. The molecule has 3 aliphatic heterocycles. The fourth-order valence-corrected chi connectivity index (χ4v) is 9.76. The van der Waals surface area contributed by atoms with Gasteiger partial charge in [0, 0.05) is 62.5 Å². The van der Waals surface area contributed by atoms with Crippen LogP contribution in [-0.2, 0) is 28.7 Å². The van der Waals surface area contributed by atoms with Crippen LogP contribution < -0.4 is 9.80 Å². The molecule has 11 nitrogen and oxygen atoms in total. The van der Waals surface area contributed by atoms with Crippen molar-refractivity contribution < 1.29 is 33.8 Å². The third kappa shape index (κ3) is 8.62. The number of aliphatic hydroxyl groups excluding tert-OH is 1. The molecule has 5 rings (SSSR count). The van der Waals surface area contributed by atoms with E-state index in [9.17, 15) is 19.5 Å². The van der Waals surface area contributed by atoms with Crippen LogP contribution >= 0.6 is 15.9 Å². The minimum atomic E-state index is -1.28. The summed E-state index contributed by atoms with van der Waals surface area (Å²) in [5.41, 5.74) is 1.15. The van der Waals surface area contributed by atoms with Crippen LogP contribution in [0.2, 0.25) is 0 Å². The van der Waals surface area contributed by atoms with Gasteiger partial charge in [0.15, 0.2) is 0 Å². The molecular formula is C44H59BrN4O7. The number of amides is 3. The molecule has 2 bridgehead atoms. The van der Waals surface area contributed by atoms with E-state index >= 15 is 4.79 Å². The van der Waals surface area contributed by atoms with Gasteiger partial charge in [0.2, 0.25) is 11.8 Å². The minimum absolute atomic E-state index is 0.0888. The minimum Gasteiger partial charge on any atom is -0.455 e. The van der Waals surface area contributed by atoms with E-state index in [1.165, 1.54) is 0 Å². The molecule has 3 aliphatic rings. The summed E-state index contributed by atoms with van der Waals surface area (Å²) >= 11 is 3.79. The molecule has 1 unspecified atom stereocenters. The number of ether oxygens (including phenoxy) is 2. The Morgan fingerprint density at radius 1 is 1.02 bits per heavy atom. The summed E-state index contributed by atoms with van der Waals surface area (Å²) in [4.78, 5) is 64.6. The highest BCUT2D eigenvalue weighted by molar-refractivity contribution is 9.09. The number of hydrogen-bond acceptors (Lipinski definition) is 8. The molecule has 0 saturated carbocycles. The first kappa shape index (κ1) is 43.1. The average Bonchev–Trinajstić information content (AvgIpc) is 3.81. The number of rotatable bonds is 21. The van der Waals surface area contributed by atoms with Gasteiger partial charge in [-0.25, -0.2) is 0 Å². The van der Waals surface area contributed by atoms with E-state index < -0.39 is 47.7 Å². The Bertz CT molecular complexity index is 1690. The molecule has 3 amide bonds. The number of carbonyl (C=O) groups is 4. The maximum Gasteiger partial charge on any atom is 0.313 e. The number of benzene rings is 2. The van der Waals surface area contributed by atoms with Crippen LogP contribution in [-0.4, -0.2) is 107 Å². The highest BCUT2D eigenvalue weighted by Gasteiger charge is 2.77. The molecular weight excluding hydrogens is 776 g/mol. The number of likely N-dealkylation sites (tertiary alicyclic amines) is 1. The molecule has 0 radical (unpaired) electrons. The highest BCUT2D eigenvalue weighted by atomic mass is 79.9. The van der Waals surface area contributed by atoms with Gasteiger partial charge < -0.3 is 34.2 Å². The van der Waals surface area contributed by atoms with Gasteiger partial charge in [0.05, 0.1) is 24.0 Å². The Morgan fingerprint density at radius 2 is 1.68 bits per heavy atom. The Kier molecular flexibility index (Phi) is 15.0. The van der Waals surface area contributed by atoms with Gasteiger partial charge in [0.1, 0.15) is 17.7 Å². The van der Waals surface area contributed by atoms with Gasteiger partial charge in [-0.05, 0) is 76.3 Å². The molecule has 2 aromatic carbocycles. The van der Waals surface area contributed by atoms with Crippen LogP contribution in [0.15, 0.2) is 79.9 Å². The SMILES string of the molecule is C=CCCC(=O)N(C)[C@@H](C)[C@@H](OC(=O)[C@@H]1[C@H]2O[C@@]3(CC2Br)[C@H](C(=O)N(CC=C)c2ccc(N(CC)CC)cc2)N(CCCCCCO)C(=O)[C@@H]13)c1ccccc1. The lowest BCUT2D eigenvalue weighted by Crippen LogP contribution is -2.57. The van der Waals surface area contributed by atoms with Gasteiger partial charge in [0.25, 0.3) is 5.91 Å². The standard InChI is InChI=1S/C44H59BrN4O7/c1-7-11-21-35(51)46(6)30(5)38(31-19-15-14-16-20-31)55-43(54)36-37-41(52)49(27-17-12-13-18-28-50)40(44(37)29-34(45)39(36)56-44)42(53)48(26-8-2)33-24-22-32(23-25-33)47(9-3)10-4/h7-8,14-16,19-20,22-25,30,34,36-40,50H,1-2,9-13,17-18,21,26-29H2,3-6H3/t30-,34?,36-,37+,38+,39-,40-,44+/m0/s1. The zero-order chi connectivity index (χ0) is 40.6. The van der Waals surface area contributed by atoms with Gasteiger partial charge in [-0.2, -0.15) is 0 Å². The number of alkyl halides is 1. The number of unbranched alkanes of at least 4 members (excludes halogenated alkanes) is 3. The summed E-state index contributed by atoms with van der Waals surface area (Å²) in [6.07, 6.45) is 5.80. The quantitative estimate of drug-likeness (QED) is 0.0660. The third-order valence-electron chi connectivity index (χ3n) is 11.8. The topological polar surface area (TPSA) is 120 Å². The summed E-state index contributed by atoms with van der Waals surface area (Å²) < 4.78 is 13.2. The van der Waals surface area contributed by atoms with E-state index in [0.717, 1.165) is 31.6 Å². The molecule has 1 N–H and O–H groups in total. The molecule has 304 valence electrons. The number of hydrogen-bond donors (Lipinski definition) is 1. The molecule has 0 aromatic heterocycles. The highest BCUT2D eigenvalue weighted by Crippen LogP contribution is 2.60. The van der Waals surface area contributed by atoms with E-state index in [1.807, 2.05) is 61.5 Å². The van der Waals surface area contributed by atoms with Crippen LogP contribution in [0.3, 0.4) is 0 Å². The molecule has 3 saturated heterocycles. The molecule has 3 heterocycles. The Morgan fingerprint density at radius 3 is 2.30 bits per heavy atom. The lowest BCUT2D eigenvalue weighted by molar-refractivity contribution is -0.164. The molecule has 12 heteroatoms. The number of fused-ring (bicyclic) bond motifs is 1. The van der Waals surface area contributed by atoms with Crippen LogP contribution in [0.25, 0.3) is 0 Å². The van der Waals surface area contributed by atoms with E-state index in [2.05, 4.69) is 47.8 Å². The van der Waals surface area contributed by atoms with Gasteiger partial charge >= 0.3 is 5.97 Å². The first-order chi connectivity index (χ1) is 27.0. The number of allylic oxidation sites excluding steroid dienone is 1. The van der Waals surface area contributed by atoms with Crippen molar-refractivity contribution in [2.75, 3.05) is 49.6 Å². The monoisotopic (exact) mass is 834 g/mol. The fourth-order valence-electron chi connectivity index (χ4n) is 8.82. The van der Waals surface area contributed by atoms with Gasteiger partial charge in [-0.1, -0.05) is 71.3 Å². The number of nitrogens with zero attached hydrogens (tertiary/aromatic N) is 4. The summed E-state index contributed by atoms with van der Waals surface area (Å²) in [6, 6.07) is 15.6. The smallest absolute Gasteiger partial charge is 0.313 e.